The number of hydrogen-bond donors (Lipinski definition) is 0. The lowest BCUT2D eigenvalue weighted by Gasteiger charge is -2.35. The maximum atomic E-state index is 12.8. The van der Waals surface area contributed by atoms with Gasteiger partial charge in [0.2, 0.25) is 0 Å². The quantitative estimate of drug-likeness (QED) is 0.867. The minimum atomic E-state index is 0.103. The largest absolute Gasteiger partial charge is 0.496 e. The van der Waals surface area contributed by atoms with Crippen LogP contribution in [0.2, 0.25) is 0 Å². The van der Waals surface area contributed by atoms with Gasteiger partial charge in [-0.15, -0.1) is 0 Å². The van der Waals surface area contributed by atoms with E-state index in [1.165, 1.54) is 5.56 Å². The number of methoxy groups -OCH3 is 1. The highest BCUT2D eigenvalue weighted by atomic mass is 16.5. The molecule has 0 aromatic heterocycles. The second kappa shape index (κ2) is 7.49. The lowest BCUT2D eigenvalue weighted by molar-refractivity contribution is 0.0627. The Morgan fingerprint density at radius 2 is 1.71 bits per heavy atom. The van der Waals surface area contributed by atoms with E-state index in [9.17, 15) is 4.79 Å². The van der Waals surface area contributed by atoms with Crippen LogP contribution in [0.3, 0.4) is 0 Å². The number of rotatable bonds is 4. The van der Waals surface area contributed by atoms with Gasteiger partial charge in [-0.05, 0) is 24.6 Å². The minimum absolute atomic E-state index is 0.103. The lowest BCUT2D eigenvalue weighted by Crippen LogP contribution is -2.48. The molecule has 0 bridgehead atoms. The first-order valence-corrected chi connectivity index (χ1v) is 8.38. The fraction of sp³-hybridized carbons (Fsp3) is 0.350. The predicted molar refractivity (Wildman–Crippen MR) is 95.4 cm³/mol. The summed E-state index contributed by atoms with van der Waals surface area (Å²) in [6.07, 6.45) is 0. The number of nitrogens with zero attached hydrogens (tertiary/aromatic N) is 2. The van der Waals surface area contributed by atoms with Gasteiger partial charge < -0.3 is 9.64 Å². The van der Waals surface area contributed by atoms with E-state index in [0.29, 0.717) is 0 Å². The van der Waals surface area contributed by atoms with Crippen molar-refractivity contribution in [3.63, 3.8) is 0 Å². The molecule has 0 spiro atoms. The Hall–Kier alpha value is -2.33. The van der Waals surface area contributed by atoms with Crippen molar-refractivity contribution in [1.82, 2.24) is 9.80 Å². The van der Waals surface area contributed by atoms with E-state index < -0.39 is 0 Å². The minimum Gasteiger partial charge on any atom is -0.496 e. The van der Waals surface area contributed by atoms with Crippen LogP contribution in [0.4, 0.5) is 0 Å². The molecule has 0 aliphatic carbocycles. The topological polar surface area (TPSA) is 32.8 Å². The molecule has 1 fully saturated rings. The van der Waals surface area contributed by atoms with Crippen LogP contribution in [0.15, 0.2) is 48.5 Å². The first-order valence-electron chi connectivity index (χ1n) is 8.38. The monoisotopic (exact) mass is 324 g/mol. The van der Waals surface area contributed by atoms with Gasteiger partial charge in [-0.1, -0.05) is 36.4 Å². The van der Waals surface area contributed by atoms with E-state index in [4.69, 9.17) is 4.74 Å². The molecule has 1 aliphatic rings. The molecule has 0 atom stereocenters. The van der Waals surface area contributed by atoms with Crippen LogP contribution >= 0.6 is 0 Å². The zero-order valence-electron chi connectivity index (χ0n) is 14.4. The summed E-state index contributed by atoms with van der Waals surface area (Å²) in [5.41, 5.74) is 2.98. The molecule has 1 saturated heterocycles. The Labute approximate surface area is 143 Å². The number of benzene rings is 2. The standard InChI is InChI=1S/C20H24N2O2/c1-16-18(9-6-10-19(16)24-2)20(23)22-13-11-21(12-14-22)15-17-7-4-3-5-8-17/h3-10H,11-15H2,1-2H3. The summed E-state index contributed by atoms with van der Waals surface area (Å²) in [6, 6.07) is 16.1. The molecule has 4 nitrogen and oxygen atoms in total. The second-order valence-corrected chi connectivity index (χ2v) is 6.19. The number of carbonyl (C=O) groups is 1. The second-order valence-electron chi connectivity index (χ2n) is 6.19. The van der Waals surface area contributed by atoms with Crippen molar-refractivity contribution in [2.45, 2.75) is 13.5 Å². The third-order valence-corrected chi connectivity index (χ3v) is 4.64. The molecule has 0 unspecified atom stereocenters. The van der Waals surface area contributed by atoms with Crippen LogP contribution in [0, 0.1) is 6.92 Å². The summed E-state index contributed by atoms with van der Waals surface area (Å²) in [5, 5.41) is 0. The highest BCUT2D eigenvalue weighted by Crippen LogP contribution is 2.22. The SMILES string of the molecule is COc1cccc(C(=O)N2CCN(Cc3ccccc3)CC2)c1C. The summed E-state index contributed by atoms with van der Waals surface area (Å²) >= 11 is 0. The van der Waals surface area contributed by atoms with Crippen molar-refractivity contribution in [2.24, 2.45) is 0 Å². The maximum absolute atomic E-state index is 12.8. The smallest absolute Gasteiger partial charge is 0.254 e. The van der Waals surface area contributed by atoms with Gasteiger partial charge in [0.25, 0.3) is 5.91 Å². The molecule has 1 amide bonds. The van der Waals surface area contributed by atoms with E-state index in [-0.39, 0.29) is 5.91 Å². The van der Waals surface area contributed by atoms with Crippen LogP contribution in [-0.2, 0) is 6.54 Å². The van der Waals surface area contributed by atoms with E-state index >= 15 is 0 Å². The summed E-state index contributed by atoms with van der Waals surface area (Å²) < 4.78 is 5.33. The third kappa shape index (κ3) is 3.60. The van der Waals surface area contributed by atoms with Crippen molar-refractivity contribution in [1.29, 1.82) is 0 Å². The number of ether oxygens (including phenoxy) is 1. The normalized spacial score (nSPS) is 15.3. The molecule has 24 heavy (non-hydrogen) atoms. The summed E-state index contributed by atoms with van der Waals surface area (Å²) in [5.74, 6) is 0.870. The van der Waals surface area contributed by atoms with Gasteiger partial charge in [0.15, 0.2) is 0 Å². The van der Waals surface area contributed by atoms with Crippen molar-refractivity contribution in [3.8, 4) is 5.75 Å². The fourth-order valence-corrected chi connectivity index (χ4v) is 3.19. The first-order chi connectivity index (χ1) is 11.7. The van der Waals surface area contributed by atoms with Gasteiger partial charge in [0.05, 0.1) is 7.11 Å². The van der Waals surface area contributed by atoms with Crippen LogP contribution in [-0.4, -0.2) is 49.0 Å². The van der Waals surface area contributed by atoms with Gasteiger partial charge >= 0.3 is 0 Å². The molecule has 0 N–H and O–H groups in total. The van der Waals surface area contributed by atoms with Crippen molar-refractivity contribution >= 4 is 5.91 Å². The van der Waals surface area contributed by atoms with Crippen LogP contribution in [0.25, 0.3) is 0 Å². The van der Waals surface area contributed by atoms with Gasteiger partial charge in [-0.25, -0.2) is 0 Å². The number of amides is 1. The van der Waals surface area contributed by atoms with Crippen molar-refractivity contribution < 1.29 is 9.53 Å². The lowest BCUT2D eigenvalue weighted by atomic mass is 10.1. The van der Waals surface area contributed by atoms with E-state index in [1.807, 2.05) is 36.1 Å². The molecule has 126 valence electrons. The molecule has 0 saturated carbocycles. The van der Waals surface area contributed by atoms with E-state index in [1.54, 1.807) is 7.11 Å². The highest BCUT2D eigenvalue weighted by molar-refractivity contribution is 5.96. The number of carbonyl (C=O) groups excluding carboxylic acids is 1. The van der Waals surface area contributed by atoms with Crippen LogP contribution in [0.1, 0.15) is 21.5 Å². The van der Waals surface area contributed by atoms with Gasteiger partial charge in [0, 0.05) is 43.9 Å². The zero-order chi connectivity index (χ0) is 16.9. The van der Waals surface area contributed by atoms with E-state index in [0.717, 1.165) is 49.6 Å². The predicted octanol–water partition coefficient (Wildman–Crippen LogP) is 2.96. The Balaban J connectivity index is 1.61. The third-order valence-electron chi connectivity index (χ3n) is 4.64. The molecular formula is C20H24N2O2. The van der Waals surface area contributed by atoms with Gasteiger partial charge in [-0.3, -0.25) is 9.69 Å². The Bertz CT molecular complexity index is 692. The summed E-state index contributed by atoms with van der Waals surface area (Å²) in [4.78, 5) is 17.2. The molecular weight excluding hydrogens is 300 g/mol. The molecule has 4 heteroatoms. The summed E-state index contributed by atoms with van der Waals surface area (Å²) in [7, 11) is 1.64. The van der Waals surface area contributed by atoms with Gasteiger partial charge in [-0.2, -0.15) is 0 Å². The van der Waals surface area contributed by atoms with Crippen LogP contribution in [0.5, 0.6) is 5.75 Å². The van der Waals surface area contributed by atoms with Crippen molar-refractivity contribution in [2.75, 3.05) is 33.3 Å². The highest BCUT2D eigenvalue weighted by Gasteiger charge is 2.23. The van der Waals surface area contributed by atoms with Crippen LogP contribution < -0.4 is 4.74 Å². The Kier molecular flexibility index (Phi) is 5.16. The van der Waals surface area contributed by atoms with Gasteiger partial charge in [0.1, 0.15) is 5.75 Å². The molecule has 2 aromatic rings. The molecule has 3 rings (SSSR count). The Morgan fingerprint density at radius 3 is 2.38 bits per heavy atom. The average molecular weight is 324 g/mol. The number of piperazine rings is 1. The summed E-state index contributed by atoms with van der Waals surface area (Å²) in [6.45, 7) is 6.23. The van der Waals surface area contributed by atoms with E-state index in [2.05, 4.69) is 29.2 Å². The molecule has 1 aliphatic heterocycles. The molecule has 2 aromatic carbocycles. The Morgan fingerprint density at radius 1 is 1.00 bits per heavy atom. The first kappa shape index (κ1) is 16.5. The average Bonchev–Trinajstić information content (AvgIpc) is 2.63. The molecule has 0 radical (unpaired) electrons. The maximum Gasteiger partial charge on any atom is 0.254 e. The zero-order valence-corrected chi connectivity index (χ0v) is 14.4. The molecule has 1 heterocycles. The number of hydrogen-bond acceptors (Lipinski definition) is 3. The fourth-order valence-electron chi connectivity index (χ4n) is 3.19. The van der Waals surface area contributed by atoms with Crippen molar-refractivity contribution in [3.05, 3.63) is 65.2 Å².